The zero-order valence-electron chi connectivity index (χ0n) is 15.7. The fourth-order valence-corrected chi connectivity index (χ4v) is 2.57. The molecule has 0 unspecified atom stereocenters. The Morgan fingerprint density at radius 3 is 2.44 bits per heavy atom. The third-order valence-corrected chi connectivity index (χ3v) is 4.19. The maximum Gasteiger partial charge on any atom is 0.221 e. The van der Waals surface area contributed by atoms with Crippen molar-refractivity contribution >= 4 is 47.6 Å². The van der Waals surface area contributed by atoms with Crippen molar-refractivity contribution < 1.29 is 4.79 Å². The third kappa shape index (κ3) is 9.94. The average molecular weight is 478 g/mol. The topological polar surface area (TPSA) is 56.7 Å². The van der Waals surface area contributed by atoms with Crippen LogP contribution in [0.3, 0.4) is 0 Å². The molecular formula is C18H31IN4OS. The van der Waals surface area contributed by atoms with Crippen LogP contribution in [0.1, 0.15) is 32.3 Å². The molecule has 0 aromatic heterocycles. The van der Waals surface area contributed by atoms with Crippen molar-refractivity contribution in [2.24, 2.45) is 4.99 Å². The van der Waals surface area contributed by atoms with Gasteiger partial charge in [-0.25, -0.2) is 0 Å². The van der Waals surface area contributed by atoms with Gasteiger partial charge in [-0.3, -0.25) is 9.79 Å². The molecule has 1 rings (SSSR count). The normalized spacial score (nSPS) is 10.8. The summed E-state index contributed by atoms with van der Waals surface area (Å²) in [7, 11) is 2.02. The first-order valence-corrected chi connectivity index (χ1v) is 9.72. The van der Waals surface area contributed by atoms with Gasteiger partial charge in [0, 0.05) is 38.0 Å². The van der Waals surface area contributed by atoms with Crippen LogP contribution in [0.25, 0.3) is 0 Å². The van der Waals surface area contributed by atoms with Gasteiger partial charge in [-0.05, 0) is 37.3 Å². The predicted molar refractivity (Wildman–Crippen MR) is 119 cm³/mol. The second kappa shape index (κ2) is 14.2. The van der Waals surface area contributed by atoms with E-state index in [9.17, 15) is 4.79 Å². The molecule has 2 N–H and O–H groups in total. The molecule has 0 aliphatic rings. The van der Waals surface area contributed by atoms with Crippen LogP contribution in [0.2, 0.25) is 0 Å². The van der Waals surface area contributed by atoms with Crippen LogP contribution in [-0.4, -0.2) is 49.7 Å². The summed E-state index contributed by atoms with van der Waals surface area (Å²) in [6.45, 7) is 6.90. The predicted octanol–water partition coefficient (Wildman–Crippen LogP) is 3.34. The molecule has 0 aliphatic heterocycles. The molecule has 1 aromatic rings. The number of halogens is 1. The van der Waals surface area contributed by atoms with Gasteiger partial charge in [-0.15, -0.1) is 35.7 Å². The number of carbonyl (C=O) groups excluding carboxylic acids is 1. The summed E-state index contributed by atoms with van der Waals surface area (Å²) in [4.78, 5) is 19.6. The zero-order valence-corrected chi connectivity index (χ0v) is 18.8. The number of aliphatic imine (C=N–C) groups is 1. The minimum absolute atomic E-state index is 0. The van der Waals surface area contributed by atoms with E-state index >= 15 is 0 Å². The summed E-state index contributed by atoms with van der Waals surface area (Å²) in [6, 6.07) is 8.56. The molecule has 0 aliphatic carbocycles. The van der Waals surface area contributed by atoms with E-state index in [1.807, 2.05) is 20.9 Å². The standard InChI is InChI=1S/C18H30N4OS.HI/c1-5-12-20-17(23)11-13-21-18(19-6-2)22(3)14-15-7-9-16(24-4)10-8-15;/h7-10H,5-6,11-14H2,1-4H3,(H,19,21)(H,20,23);1H. The minimum Gasteiger partial charge on any atom is -0.357 e. The van der Waals surface area contributed by atoms with Crippen molar-refractivity contribution in [1.82, 2.24) is 15.5 Å². The molecule has 1 aromatic carbocycles. The quantitative estimate of drug-likeness (QED) is 0.248. The second-order valence-electron chi connectivity index (χ2n) is 5.54. The number of rotatable bonds is 9. The maximum atomic E-state index is 11.6. The van der Waals surface area contributed by atoms with Crippen LogP contribution in [0.15, 0.2) is 34.2 Å². The number of amides is 1. The summed E-state index contributed by atoms with van der Waals surface area (Å²) in [5.41, 5.74) is 1.24. The van der Waals surface area contributed by atoms with Crippen molar-refractivity contribution in [3.8, 4) is 0 Å². The van der Waals surface area contributed by atoms with Crippen molar-refractivity contribution in [2.45, 2.75) is 38.1 Å². The van der Waals surface area contributed by atoms with Gasteiger partial charge in [0.1, 0.15) is 0 Å². The van der Waals surface area contributed by atoms with E-state index in [4.69, 9.17) is 0 Å². The van der Waals surface area contributed by atoms with Gasteiger partial charge in [0.2, 0.25) is 5.91 Å². The molecule has 0 saturated heterocycles. The lowest BCUT2D eigenvalue weighted by atomic mass is 10.2. The van der Waals surface area contributed by atoms with Crippen LogP contribution in [0, 0.1) is 0 Å². The molecule has 0 radical (unpaired) electrons. The molecular weight excluding hydrogens is 447 g/mol. The number of hydrogen-bond donors (Lipinski definition) is 2. The first kappa shape index (κ1) is 24.0. The fraction of sp³-hybridized carbons (Fsp3) is 0.556. The third-order valence-electron chi connectivity index (χ3n) is 3.45. The van der Waals surface area contributed by atoms with Gasteiger partial charge in [-0.2, -0.15) is 0 Å². The fourth-order valence-electron chi connectivity index (χ4n) is 2.17. The first-order valence-electron chi connectivity index (χ1n) is 8.49. The lowest BCUT2D eigenvalue weighted by molar-refractivity contribution is -0.120. The highest BCUT2D eigenvalue weighted by atomic mass is 127. The average Bonchev–Trinajstić information content (AvgIpc) is 2.59. The van der Waals surface area contributed by atoms with E-state index in [2.05, 4.69) is 51.0 Å². The highest BCUT2D eigenvalue weighted by Gasteiger charge is 2.07. The van der Waals surface area contributed by atoms with Crippen molar-refractivity contribution in [2.75, 3.05) is 32.9 Å². The van der Waals surface area contributed by atoms with E-state index in [0.29, 0.717) is 13.0 Å². The van der Waals surface area contributed by atoms with Crippen LogP contribution >= 0.6 is 35.7 Å². The molecule has 25 heavy (non-hydrogen) atoms. The summed E-state index contributed by atoms with van der Waals surface area (Å²) < 4.78 is 0. The Bertz CT molecular complexity index is 522. The molecule has 7 heteroatoms. The maximum absolute atomic E-state index is 11.6. The highest BCUT2D eigenvalue weighted by molar-refractivity contribution is 14.0. The van der Waals surface area contributed by atoms with E-state index in [-0.39, 0.29) is 29.9 Å². The molecule has 142 valence electrons. The van der Waals surface area contributed by atoms with Crippen molar-refractivity contribution in [1.29, 1.82) is 0 Å². The lowest BCUT2D eigenvalue weighted by Crippen LogP contribution is -2.38. The SMILES string of the molecule is CCCNC(=O)CCN=C(NCC)N(C)Cc1ccc(SC)cc1.I. The first-order chi connectivity index (χ1) is 11.6. The Labute approximate surface area is 173 Å². The van der Waals surface area contributed by atoms with Gasteiger partial charge in [0.05, 0.1) is 6.54 Å². The summed E-state index contributed by atoms with van der Waals surface area (Å²) in [6.07, 6.45) is 3.45. The Kier molecular flexibility index (Phi) is 13.7. The van der Waals surface area contributed by atoms with E-state index in [1.165, 1.54) is 10.5 Å². The van der Waals surface area contributed by atoms with Gasteiger partial charge < -0.3 is 15.5 Å². The number of carbonyl (C=O) groups is 1. The Balaban J connectivity index is 0.00000576. The van der Waals surface area contributed by atoms with E-state index in [0.717, 1.165) is 32.0 Å². The summed E-state index contributed by atoms with van der Waals surface area (Å²) >= 11 is 1.74. The van der Waals surface area contributed by atoms with Crippen molar-refractivity contribution in [3.05, 3.63) is 29.8 Å². The molecule has 1 amide bonds. The monoisotopic (exact) mass is 478 g/mol. The van der Waals surface area contributed by atoms with Gasteiger partial charge in [0.15, 0.2) is 5.96 Å². The molecule has 0 atom stereocenters. The molecule has 0 heterocycles. The Morgan fingerprint density at radius 2 is 1.88 bits per heavy atom. The second-order valence-corrected chi connectivity index (χ2v) is 6.42. The minimum atomic E-state index is 0. The number of nitrogens with one attached hydrogen (secondary N) is 2. The number of guanidine groups is 1. The largest absolute Gasteiger partial charge is 0.357 e. The molecule has 0 bridgehead atoms. The number of benzene rings is 1. The summed E-state index contributed by atoms with van der Waals surface area (Å²) in [5, 5.41) is 6.16. The van der Waals surface area contributed by atoms with Crippen LogP contribution in [-0.2, 0) is 11.3 Å². The lowest BCUT2D eigenvalue weighted by Gasteiger charge is -2.22. The Morgan fingerprint density at radius 1 is 1.20 bits per heavy atom. The van der Waals surface area contributed by atoms with Gasteiger partial charge in [0.25, 0.3) is 0 Å². The van der Waals surface area contributed by atoms with Gasteiger partial charge >= 0.3 is 0 Å². The number of hydrogen-bond acceptors (Lipinski definition) is 3. The highest BCUT2D eigenvalue weighted by Crippen LogP contribution is 2.15. The number of thioether (sulfide) groups is 1. The molecule has 0 spiro atoms. The van der Waals surface area contributed by atoms with Crippen LogP contribution in [0.4, 0.5) is 0 Å². The molecule has 0 fully saturated rings. The molecule has 5 nitrogen and oxygen atoms in total. The summed E-state index contributed by atoms with van der Waals surface area (Å²) in [5.74, 6) is 0.890. The zero-order chi connectivity index (χ0) is 17.8. The number of nitrogens with zero attached hydrogens (tertiary/aromatic N) is 2. The van der Waals surface area contributed by atoms with Crippen LogP contribution in [0.5, 0.6) is 0 Å². The van der Waals surface area contributed by atoms with E-state index in [1.54, 1.807) is 11.8 Å². The smallest absolute Gasteiger partial charge is 0.221 e. The van der Waals surface area contributed by atoms with Gasteiger partial charge in [-0.1, -0.05) is 19.1 Å². The van der Waals surface area contributed by atoms with Crippen LogP contribution < -0.4 is 10.6 Å². The Hall–Kier alpha value is -0.960. The van der Waals surface area contributed by atoms with Crippen molar-refractivity contribution in [3.63, 3.8) is 0 Å². The molecule has 0 saturated carbocycles. The van der Waals surface area contributed by atoms with E-state index < -0.39 is 0 Å².